The standard InChI is InChI=1S/C19H21FN2O3S/c20-17-8-6-15(7-9-17)14-21-19(23)16-10-12-22(13-11-16)26(24,25)18-4-2-1-3-5-18/h1-9,16H,10-14H2,(H,21,23). The summed E-state index contributed by atoms with van der Waals surface area (Å²) >= 11 is 0. The molecule has 0 unspecified atom stereocenters. The minimum Gasteiger partial charge on any atom is -0.352 e. The molecule has 1 fully saturated rings. The van der Waals surface area contributed by atoms with Gasteiger partial charge in [-0.2, -0.15) is 4.31 Å². The third-order valence-electron chi connectivity index (χ3n) is 4.59. The molecule has 0 aliphatic carbocycles. The quantitative estimate of drug-likeness (QED) is 0.872. The van der Waals surface area contributed by atoms with Gasteiger partial charge in [0.2, 0.25) is 15.9 Å². The summed E-state index contributed by atoms with van der Waals surface area (Å²) < 4.78 is 39.5. The molecule has 1 amide bonds. The van der Waals surface area contributed by atoms with Crippen LogP contribution in [0.25, 0.3) is 0 Å². The maximum atomic E-state index is 12.9. The van der Waals surface area contributed by atoms with Crippen molar-refractivity contribution < 1.29 is 17.6 Å². The first-order chi connectivity index (χ1) is 12.5. The van der Waals surface area contributed by atoms with Crippen LogP contribution in [-0.4, -0.2) is 31.7 Å². The molecule has 0 saturated carbocycles. The number of hydrogen-bond acceptors (Lipinski definition) is 3. The average Bonchev–Trinajstić information content (AvgIpc) is 2.68. The molecule has 26 heavy (non-hydrogen) atoms. The number of rotatable bonds is 5. The number of nitrogens with one attached hydrogen (secondary N) is 1. The molecule has 1 aliphatic rings. The Hall–Kier alpha value is -2.25. The van der Waals surface area contributed by atoms with Crippen LogP contribution in [0.3, 0.4) is 0 Å². The molecule has 0 aromatic heterocycles. The fourth-order valence-corrected chi connectivity index (χ4v) is 4.53. The van der Waals surface area contributed by atoms with Crippen molar-refractivity contribution in [3.05, 3.63) is 66.0 Å². The SMILES string of the molecule is O=C(NCc1ccc(F)cc1)C1CCN(S(=O)(=O)c2ccccc2)CC1. The second kappa shape index (κ2) is 7.97. The molecule has 1 N–H and O–H groups in total. The maximum absolute atomic E-state index is 12.9. The van der Waals surface area contributed by atoms with E-state index in [0.29, 0.717) is 32.5 Å². The Kier molecular flexibility index (Phi) is 5.68. The van der Waals surface area contributed by atoms with Gasteiger partial charge in [-0.05, 0) is 42.7 Å². The number of nitrogens with zero attached hydrogens (tertiary/aromatic N) is 1. The molecule has 5 nitrogen and oxygen atoms in total. The molecular weight excluding hydrogens is 355 g/mol. The third kappa shape index (κ3) is 4.28. The summed E-state index contributed by atoms with van der Waals surface area (Å²) in [5, 5.41) is 2.84. The summed E-state index contributed by atoms with van der Waals surface area (Å²) in [6, 6.07) is 14.3. The van der Waals surface area contributed by atoms with E-state index in [1.807, 2.05) is 0 Å². The van der Waals surface area contributed by atoms with Crippen molar-refractivity contribution in [2.24, 2.45) is 5.92 Å². The van der Waals surface area contributed by atoms with Crippen molar-refractivity contribution in [2.75, 3.05) is 13.1 Å². The number of amides is 1. The first kappa shape index (κ1) is 18.5. The Bertz CT molecular complexity index is 846. The van der Waals surface area contributed by atoms with Crippen LogP contribution in [0.4, 0.5) is 4.39 Å². The summed E-state index contributed by atoms with van der Waals surface area (Å²) in [5.74, 6) is -0.615. The smallest absolute Gasteiger partial charge is 0.243 e. The van der Waals surface area contributed by atoms with E-state index < -0.39 is 10.0 Å². The number of hydrogen-bond donors (Lipinski definition) is 1. The number of sulfonamides is 1. The van der Waals surface area contributed by atoms with E-state index >= 15 is 0 Å². The van der Waals surface area contributed by atoms with Crippen molar-refractivity contribution in [3.8, 4) is 0 Å². The van der Waals surface area contributed by atoms with Gasteiger partial charge in [-0.3, -0.25) is 4.79 Å². The molecule has 138 valence electrons. The van der Waals surface area contributed by atoms with Gasteiger partial charge in [-0.25, -0.2) is 12.8 Å². The van der Waals surface area contributed by atoms with E-state index in [1.54, 1.807) is 42.5 Å². The summed E-state index contributed by atoms with van der Waals surface area (Å²) in [7, 11) is -3.50. The number of carbonyl (C=O) groups excluding carboxylic acids is 1. The Morgan fingerprint density at radius 3 is 2.27 bits per heavy atom. The maximum Gasteiger partial charge on any atom is 0.243 e. The highest BCUT2D eigenvalue weighted by atomic mass is 32.2. The minimum atomic E-state index is -3.50. The highest BCUT2D eigenvalue weighted by molar-refractivity contribution is 7.89. The van der Waals surface area contributed by atoms with E-state index in [1.165, 1.54) is 16.4 Å². The fraction of sp³-hybridized carbons (Fsp3) is 0.316. The largest absolute Gasteiger partial charge is 0.352 e. The molecule has 1 aliphatic heterocycles. The topological polar surface area (TPSA) is 66.5 Å². The predicted octanol–water partition coefficient (Wildman–Crippen LogP) is 2.54. The van der Waals surface area contributed by atoms with Gasteiger partial charge in [0.1, 0.15) is 5.82 Å². The van der Waals surface area contributed by atoms with Gasteiger partial charge in [-0.15, -0.1) is 0 Å². The van der Waals surface area contributed by atoms with Crippen LogP contribution in [0, 0.1) is 11.7 Å². The first-order valence-electron chi connectivity index (χ1n) is 8.54. The Labute approximate surface area is 152 Å². The lowest BCUT2D eigenvalue weighted by Crippen LogP contribution is -2.42. The van der Waals surface area contributed by atoms with Crippen LogP contribution in [0.5, 0.6) is 0 Å². The van der Waals surface area contributed by atoms with Crippen LogP contribution >= 0.6 is 0 Å². The Morgan fingerprint density at radius 2 is 1.65 bits per heavy atom. The van der Waals surface area contributed by atoms with Crippen LogP contribution in [0.1, 0.15) is 18.4 Å². The molecular formula is C19H21FN2O3S. The van der Waals surface area contributed by atoms with E-state index in [2.05, 4.69) is 5.32 Å². The molecule has 0 radical (unpaired) electrons. The van der Waals surface area contributed by atoms with Crippen LogP contribution < -0.4 is 5.32 Å². The van der Waals surface area contributed by atoms with Gasteiger partial charge in [-0.1, -0.05) is 30.3 Å². The zero-order valence-corrected chi connectivity index (χ0v) is 15.1. The van der Waals surface area contributed by atoms with Gasteiger partial charge in [0, 0.05) is 25.6 Å². The molecule has 2 aromatic carbocycles. The van der Waals surface area contributed by atoms with Gasteiger partial charge < -0.3 is 5.32 Å². The summed E-state index contributed by atoms with van der Waals surface area (Å²) in [6.45, 7) is 0.985. The lowest BCUT2D eigenvalue weighted by Gasteiger charge is -2.30. The van der Waals surface area contributed by atoms with Crippen molar-refractivity contribution in [1.29, 1.82) is 0 Å². The normalized spacial score (nSPS) is 16.3. The Balaban J connectivity index is 1.53. The third-order valence-corrected chi connectivity index (χ3v) is 6.50. The summed E-state index contributed by atoms with van der Waals surface area (Å²) in [4.78, 5) is 12.6. The van der Waals surface area contributed by atoms with Gasteiger partial charge >= 0.3 is 0 Å². The zero-order chi connectivity index (χ0) is 18.6. The minimum absolute atomic E-state index is 0.0916. The van der Waals surface area contributed by atoms with E-state index in [-0.39, 0.29) is 22.5 Å². The zero-order valence-electron chi connectivity index (χ0n) is 14.3. The lowest BCUT2D eigenvalue weighted by molar-refractivity contribution is -0.126. The second-order valence-corrected chi connectivity index (χ2v) is 8.27. The Morgan fingerprint density at radius 1 is 1.04 bits per heavy atom. The molecule has 3 rings (SSSR count). The average molecular weight is 376 g/mol. The highest BCUT2D eigenvalue weighted by Crippen LogP contribution is 2.23. The predicted molar refractivity (Wildman–Crippen MR) is 96.2 cm³/mol. The van der Waals surface area contributed by atoms with Gasteiger partial charge in [0.05, 0.1) is 4.90 Å². The number of piperidine rings is 1. The van der Waals surface area contributed by atoms with Crippen molar-refractivity contribution in [1.82, 2.24) is 9.62 Å². The van der Waals surface area contributed by atoms with Crippen molar-refractivity contribution in [3.63, 3.8) is 0 Å². The van der Waals surface area contributed by atoms with Gasteiger partial charge in [0.25, 0.3) is 0 Å². The summed E-state index contributed by atoms with van der Waals surface area (Å²) in [5.41, 5.74) is 0.823. The van der Waals surface area contributed by atoms with Crippen LogP contribution in [-0.2, 0) is 21.4 Å². The molecule has 1 heterocycles. The molecule has 0 spiro atoms. The second-order valence-electron chi connectivity index (χ2n) is 6.34. The molecule has 0 bridgehead atoms. The van der Waals surface area contributed by atoms with E-state index in [0.717, 1.165) is 5.56 Å². The first-order valence-corrected chi connectivity index (χ1v) is 9.98. The van der Waals surface area contributed by atoms with E-state index in [4.69, 9.17) is 0 Å². The molecule has 7 heteroatoms. The number of benzene rings is 2. The van der Waals surface area contributed by atoms with Crippen LogP contribution in [0.15, 0.2) is 59.5 Å². The summed E-state index contributed by atoms with van der Waals surface area (Å²) in [6.07, 6.45) is 0.975. The highest BCUT2D eigenvalue weighted by Gasteiger charge is 2.31. The van der Waals surface area contributed by atoms with Gasteiger partial charge in [0.15, 0.2) is 0 Å². The molecule has 1 saturated heterocycles. The molecule has 2 aromatic rings. The van der Waals surface area contributed by atoms with Crippen molar-refractivity contribution >= 4 is 15.9 Å². The van der Waals surface area contributed by atoms with E-state index in [9.17, 15) is 17.6 Å². The van der Waals surface area contributed by atoms with Crippen LogP contribution in [0.2, 0.25) is 0 Å². The van der Waals surface area contributed by atoms with Crippen molar-refractivity contribution in [2.45, 2.75) is 24.3 Å². The molecule has 0 atom stereocenters. The number of carbonyl (C=O) groups is 1. The monoisotopic (exact) mass is 376 g/mol. The fourth-order valence-electron chi connectivity index (χ4n) is 3.04. The lowest BCUT2D eigenvalue weighted by atomic mass is 9.97. The number of halogens is 1.